The quantitative estimate of drug-likeness (QED) is 0.764. The summed E-state index contributed by atoms with van der Waals surface area (Å²) < 4.78 is 0. The zero-order valence-corrected chi connectivity index (χ0v) is 10.2. The van der Waals surface area contributed by atoms with Crippen molar-refractivity contribution in [1.82, 2.24) is 4.98 Å². The van der Waals surface area contributed by atoms with E-state index in [1.807, 2.05) is 26.8 Å². The van der Waals surface area contributed by atoms with E-state index in [0.29, 0.717) is 11.1 Å². The third-order valence-electron chi connectivity index (χ3n) is 2.67. The van der Waals surface area contributed by atoms with Crippen molar-refractivity contribution in [2.75, 3.05) is 0 Å². The van der Waals surface area contributed by atoms with Gasteiger partial charge in [0.15, 0.2) is 11.5 Å². The molecule has 2 aromatic rings. The van der Waals surface area contributed by atoms with Gasteiger partial charge in [-0.2, -0.15) is 0 Å². The van der Waals surface area contributed by atoms with Gasteiger partial charge in [-0.15, -0.1) is 0 Å². The fourth-order valence-corrected chi connectivity index (χ4v) is 1.72. The van der Waals surface area contributed by atoms with E-state index in [9.17, 15) is 9.90 Å². The van der Waals surface area contributed by atoms with Gasteiger partial charge in [0.2, 0.25) is 0 Å². The molecule has 0 atom stereocenters. The third kappa shape index (κ3) is 2.00. The number of Topliss-reactive ketones (excluding diaryl/α,β-unsaturated/α-hetero) is 1. The Morgan fingerprint density at radius 2 is 1.94 bits per heavy atom. The summed E-state index contributed by atoms with van der Waals surface area (Å²) >= 11 is 0. The Bertz CT molecular complexity index is 582. The molecule has 0 amide bonds. The molecule has 1 aromatic heterocycles. The molecule has 0 radical (unpaired) electrons. The molecule has 0 aliphatic heterocycles. The van der Waals surface area contributed by atoms with Gasteiger partial charge in [-0.1, -0.05) is 32.9 Å². The smallest absolute Gasteiger partial charge is 0.171 e. The van der Waals surface area contributed by atoms with Crippen molar-refractivity contribution in [3.8, 4) is 5.75 Å². The minimum Gasteiger partial charge on any atom is -0.505 e. The predicted octanol–water partition coefficient (Wildman–Crippen LogP) is 3.17. The van der Waals surface area contributed by atoms with Crippen molar-refractivity contribution >= 4 is 16.7 Å². The number of aromatic hydroxyl groups is 1. The molecule has 0 unspecified atom stereocenters. The highest BCUT2D eigenvalue weighted by Gasteiger charge is 2.26. The van der Waals surface area contributed by atoms with E-state index in [4.69, 9.17) is 0 Å². The summed E-state index contributed by atoms with van der Waals surface area (Å²) in [7, 11) is 0. The Balaban J connectivity index is 2.65. The second-order valence-electron chi connectivity index (χ2n) is 5.12. The van der Waals surface area contributed by atoms with Crippen LogP contribution in [0, 0.1) is 5.41 Å². The molecule has 0 saturated carbocycles. The van der Waals surface area contributed by atoms with Gasteiger partial charge in [0, 0.05) is 17.0 Å². The summed E-state index contributed by atoms with van der Waals surface area (Å²) in [4.78, 5) is 16.2. The maximum absolute atomic E-state index is 12.1. The molecule has 88 valence electrons. The van der Waals surface area contributed by atoms with E-state index in [-0.39, 0.29) is 11.5 Å². The standard InChI is InChI=1S/C14H15NO2/c1-14(2,3)13(17)10-7-6-9-5-4-8-15-11(9)12(10)16/h4-8,16H,1-3H3. The van der Waals surface area contributed by atoms with Crippen LogP contribution in [-0.2, 0) is 0 Å². The lowest BCUT2D eigenvalue weighted by molar-refractivity contribution is 0.0855. The Labute approximate surface area is 100 Å². The number of fused-ring (bicyclic) bond motifs is 1. The molecule has 3 nitrogen and oxygen atoms in total. The lowest BCUT2D eigenvalue weighted by Crippen LogP contribution is -2.20. The highest BCUT2D eigenvalue weighted by molar-refractivity contribution is 6.06. The largest absolute Gasteiger partial charge is 0.505 e. The number of hydrogen-bond acceptors (Lipinski definition) is 3. The number of rotatable bonds is 1. The van der Waals surface area contributed by atoms with Crippen LogP contribution >= 0.6 is 0 Å². The van der Waals surface area contributed by atoms with Gasteiger partial charge in [-0.05, 0) is 12.1 Å². The Morgan fingerprint density at radius 3 is 2.59 bits per heavy atom. The van der Waals surface area contributed by atoms with E-state index in [1.165, 1.54) is 0 Å². The van der Waals surface area contributed by atoms with Crippen LogP contribution in [0.5, 0.6) is 5.75 Å². The summed E-state index contributed by atoms with van der Waals surface area (Å²) in [5.41, 5.74) is 0.297. The SMILES string of the molecule is CC(C)(C)C(=O)c1ccc2cccnc2c1O. The number of hydrogen-bond donors (Lipinski definition) is 1. The van der Waals surface area contributed by atoms with Crippen molar-refractivity contribution in [3.63, 3.8) is 0 Å². The van der Waals surface area contributed by atoms with Crippen LogP contribution in [0.2, 0.25) is 0 Å². The summed E-state index contributed by atoms with van der Waals surface area (Å²) in [6, 6.07) is 7.12. The molecule has 0 saturated heterocycles. The molecular weight excluding hydrogens is 214 g/mol. The lowest BCUT2D eigenvalue weighted by atomic mass is 9.86. The molecule has 3 heteroatoms. The first-order chi connectivity index (χ1) is 7.91. The summed E-state index contributed by atoms with van der Waals surface area (Å²) in [6.07, 6.45) is 1.60. The first-order valence-electron chi connectivity index (χ1n) is 5.53. The number of benzene rings is 1. The number of carbonyl (C=O) groups is 1. The monoisotopic (exact) mass is 229 g/mol. The Hall–Kier alpha value is -1.90. The third-order valence-corrected chi connectivity index (χ3v) is 2.67. The molecule has 1 heterocycles. The summed E-state index contributed by atoms with van der Waals surface area (Å²) in [5, 5.41) is 10.9. The van der Waals surface area contributed by atoms with Crippen molar-refractivity contribution in [2.24, 2.45) is 5.41 Å². The van der Waals surface area contributed by atoms with Crippen LogP contribution in [0.25, 0.3) is 10.9 Å². The van der Waals surface area contributed by atoms with Crippen molar-refractivity contribution in [1.29, 1.82) is 0 Å². The number of aromatic nitrogens is 1. The van der Waals surface area contributed by atoms with Crippen molar-refractivity contribution in [3.05, 3.63) is 36.0 Å². The highest BCUT2D eigenvalue weighted by atomic mass is 16.3. The second kappa shape index (κ2) is 3.84. The Kier molecular flexibility index (Phi) is 2.62. The minimum atomic E-state index is -0.514. The van der Waals surface area contributed by atoms with Crippen LogP contribution in [0.3, 0.4) is 0 Å². The van der Waals surface area contributed by atoms with Gasteiger partial charge in [-0.25, -0.2) is 0 Å². The molecule has 1 N–H and O–H groups in total. The normalized spacial score (nSPS) is 11.7. The topological polar surface area (TPSA) is 50.2 Å². The first-order valence-corrected chi connectivity index (χ1v) is 5.53. The van der Waals surface area contributed by atoms with Crippen LogP contribution in [0.4, 0.5) is 0 Å². The van der Waals surface area contributed by atoms with Crippen molar-refractivity contribution < 1.29 is 9.90 Å². The molecular formula is C14H15NO2. The molecule has 0 aliphatic rings. The summed E-state index contributed by atoms with van der Waals surface area (Å²) in [6.45, 7) is 5.49. The average molecular weight is 229 g/mol. The molecule has 0 bridgehead atoms. The number of phenolic OH excluding ortho intramolecular Hbond substituents is 1. The molecule has 0 spiro atoms. The number of phenols is 1. The van der Waals surface area contributed by atoms with E-state index in [0.717, 1.165) is 5.39 Å². The van der Waals surface area contributed by atoms with Crippen molar-refractivity contribution in [2.45, 2.75) is 20.8 Å². The minimum absolute atomic E-state index is 0.0250. The number of pyridine rings is 1. The second-order valence-corrected chi connectivity index (χ2v) is 5.12. The van der Waals surface area contributed by atoms with E-state index >= 15 is 0 Å². The van der Waals surface area contributed by atoms with Crippen LogP contribution in [-0.4, -0.2) is 15.9 Å². The average Bonchev–Trinajstić information content (AvgIpc) is 2.28. The zero-order chi connectivity index (χ0) is 12.6. The number of nitrogens with zero attached hydrogens (tertiary/aromatic N) is 1. The number of carbonyl (C=O) groups excluding carboxylic acids is 1. The van der Waals surface area contributed by atoms with Gasteiger partial charge in [0.25, 0.3) is 0 Å². The number of ketones is 1. The molecule has 0 fully saturated rings. The molecule has 1 aromatic carbocycles. The van der Waals surface area contributed by atoms with E-state index in [2.05, 4.69) is 4.98 Å². The summed E-state index contributed by atoms with van der Waals surface area (Å²) in [5.74, 6) is -0.106. The van der Waals surface area contributed by atoms with Gasteiger partial charge >= 0.3 is 0 Å². The predicted molar refractivity (Wildman–Crippen MR) is 67.2 cm³/mol. The van der Waals surface area contributed by atoms with Gasteiger partial charge in [0.05, 0.1) is 5.56 Å². The lowest BCUT2D eigenvalue weighted by Gasteiger charge is -2.17. The zero-order valence-electron chi connectivity index (χ0n) is 10.2. The highest BCUT2D eigenvalue weighted by Crippen LogP contribution is 2.31. The van der Waals surface area contributed by atoms with Crippen LogP contribution in [0.1, 0.15) is 31.1 Å². The maximum Gasteiger partial charge on any atom is 0.171 e. The van der Waals surface area contributed by atoms with E-state index in [1.54, 1.807) is 24.4 Å². The van der Waals surface area contributed by atoms with Gasteiger partial charge in [-0.3, -0.25) is 9.78 Å². The van der Waals surface area contributed by atoms with E-state index < -0.39 is 5.41 Å². The van der Waals surface area contributed by atoms with Crippen LogP contribution < -0.4 is 0 Å². The fraction of sp³-hybridized carbons (Fsp3) is 0.286. The molecule has 17 heavy (non-hydrogen) atoms. The fourth-order valence-electron chi connectivity index (χ4n) is 1.72. The van der Waals surface area contributed by atoms with Gasteiger partial charge in [0.1, 0.15) is 5.52 Å². The molecule has 0 aliphatic carbocycles. The van der Waals surface area contributed by atoms with Gasteiger partial charge < -0.3 is 5.11 Å². The maximum atomic E-state index is 12.1. The first kappa shape index (κ1) is 11.6. The Morgan fingerprint density at radius 1 is 1.24 bits per heavy atom. The molecule has 2 rings (SSSR count). The van der Waals surface area contributed by atoms with Crippen LogP contribution in [0.15, 0.2) is 30.5 Å².